The van der Waals surface area contributed by atoms with E-state index in [0.29, 0.717) is 30.0 Å². The van der Waals surface area contributed by atoms with Crippen LogP contribution in [0.4, 0.5) is 0 Å². The Morgan fingerprint density at radius 3 is 2.22 bits per heavy atom. The number of rotatable bonds is 1. The molecule has 1 heterocycles. The highest BCUT2D eigenvalue weighted by Gasteiger charge is 2.37. The minimum absolute atomic E-state index is 0.216. The average molecular weight is 252 g/mol. The fourth-order valence-electron chi connectivity index (χ4n) is 3.85. The lowest BCUT2D eigenvalue weighted by atomic mass is 9.77. The van der Waals surface area contributed by atoms with Gasteiger partial charge in [0, 0.05) is 24.0 Å². The average Bonchev–Trinajstić information content (AvgIpc) is 2.28. The van der Waals surface area contributed by atoms with E-state index >= 15 is 0 Å². The van der Waals surface area contributed by atoms with Gasteiger partial charge in [-0.05, 0) is 58.3 Å². The molecule has 0 aromatic carbocycles. The van der Waals surface area contributed by atoms with E-state index in [9.17, 15) is 4.79 Å². The summed E-state index contributed by atoms with van der Waals surface area (Å²) >= 11 is 0. The molecule has 3 nitrogen and oxygen atoms in total. The summed E-state index contributed by atoms with van der Waals surface area (Å²) in [6.07, 6.45) is 6.59. The van der Waals surface area contributed by atoms with E-state index in [-0.39, 0.29) is 5.92 Å². The number of carbonyl (C=O) groups is 1. The molecule has 2 N–H and O–H groups in total. The predicted molar refractivity (Wildman–Crippen MR) is 74.1 cm³/mol. The highest BCUT2D eigenvalue weighted by atomic mass is 16.2. The SMILES string of the molecule is CC1CC(N)CCC1C(=O)N1C(C)CCCC1C. The first-order valence-corrected chi connectivity index (χ1v) is 7.58. The maximum absolute atomic E-state index is 12.8. The number of amides is 1. The van der Waals surface area contributed by atoms with Crippen molar-refractivity contribution in [2.75, 3.05) is 0 Å². The molecular weight excluding hydrogens is 224 g/mol. The summed E-state index contributed by atoms with van der Waals surface area (Å²) in [5, 5.41) is 0. The van der Waals surface area contributed by atoms with Crippen molar-refractivity contribution >= 4 is 5.91 Å². The second kappa shape index (κ2) is 5.60. The Balaban J connectivity index is 2.05. The molecule has 5 unspecified atom stereocenters. The topological polar surface area (TPSA) is 46.3 Å². The second-order valence-corrected chi connectivity index (χ2v) is 6.53. The number of nitrogens with zero attached hydrogens (tertiary/aromatic N) is 1. The minimum atomic E-state index is 0.216. The van der Waals surface area contributed by atoms with E-state index in [1.165, 1.54) is 6.42 Å². The molecule has 2 fully saturated rings. The number of piperidine rings is 1. The molecule has 5 atom stereocenters. The first-order valence-electron chi connectivity index (χ1n) is 7.58. The standard InChI is InChI=1S/C15H28N2O/c1-10-9-13(16)7-8-14(10)15(18)17-11(2)5-4-6-12(17)3/h10-14H,4-9,16H2,1-3H3. The summed E-state index contributed by atoms with van der Waals surface area (Å²) in [6, 6.07) is 1.15. The molecule has 1 saturated carbocycles. The number of likely N-dealkylation sites (tertiary alicyclic amines) is 1. The third-order valence-electron chi connectivity index (χ3n) is 4.98. The van der Waals surface area contributed by atoms with E-state index < -0.39 is 0 Å². The highest BCUT2D eigenvalue weighted by Crippen LogP contribution is 2.33. The van der Waals surface area contributed by atoms with Gasteiger partial charge in [0.05, 0.1) is 0 Å². The van der Waals surface area contributed by atoms with Gasteiger partial charge in [-0.3, -0.25) is 4.79 Å². The predicted octanol–water partition coefficient (Wildman–Crippen LogP) is 2.54. The van der Waals surface area contributed by atoms with Crippen molar-refractivity contribution in [3.05, 3.63) is 0 Å². The lowest BCUT2D eigenvalue weighted by Crippen LogP contribution is -2.52. The summed E-state index contributed by atoms with van der Waals surface area (Å²) in [7, 11) is 0. The maximum atomic E-state index is 12.8. The minimum Gasteiger partial charge on any atom is -0.337 e. The van der Waals surface area contributed by atoms with Crippen molar-refractivity contribution in [3.63, 3.8) is 0 Å². The zero-order chi connectivity index (χ0) is 13.3. The maximum Gasteiger partial charge on any atom is 0.226 e. The highest BCUT2D eigenvalue weighted by molar-refractivity contribution is 5.80. The molecule has 104 valence electrons. The van der Waals surface area contributed by atoms with Crippen molar-refractivity contribution in [3.8, 4) is 0 Å². The van der Waals surface area contributed by atoms with Gasteiger partial charge in [0.15, 0.2) is 0 Å². The largest absolute Gasteiger partial charge is 0.337 e. The third kappa shape index (κ3) is 2.71. The molecule has 18 heavy (non-hydrogen) atoms. The monoisotopic (exact) mass is 252 g/mol. The smallest absolute Gasteiger partial charge is 0.226 e. The van der Waals surface area contributed by atoms with Gasteiger partial charge in [0.2, 0.25) is 5.91 Å². The van der Waals surface area contributed by atoms with Crippen molar-refractivity contribution in [2.45, 2.75) is 77.4 Å². The number of carbonyl (C=O) groups excluding carboxylic acids is 1. The van der Waals surface area contributed by atoms with Crippen molar-refractivity contribution in [2.24, 2.45) is 17.6 Å². The van der Waals surface area contributed by atoms with Crippen LogP contribution >= 0.6 is 0 Å². The number of hydrogen-bond acceptors (Lipinski definition) is 2. The van der Waals surface area contributed by atoms with Gasteiger partial charge in [-0.1, -0.05) is 6.92 Å². The van der Waals surface area contributed by atoms with Crippen molar-refractivity contribution in [1.29, 1.82) is 0 Å². The van der Waals surface area contributed by atoms with Gasteiger partial charge in [-0.2, -0.15) is 0 Å². The van der Waals surface area contributed by atoms with Crippen LogP contribution in [0.15, 0.2) is 0 Å². The van der Waals surface area contributed by atoms with E-state index in [4.69, 9.17) is 5.73 Å². The summed E-state index contributed by atoms with van der Waals surface area (Å²) < 4.78 is 0. The Bertz CT molecular complexity index is 295. The van der Waals surface area contributed by atoms with Crippen LogP contribution in [-0.4, -0.2) is 28.9 Å². The lowest BCUT2D eigenvalue weighted by Gasteiger charge is -2.43. The van der Waals surface area contributed by atoms with Crippen LogP contribution in [0, 0.1) is 11.8 Å². The van der Waals surface area contributed by atoms with Crippen LogP contribution in [0.1, 0.15) is 59.3 Å². The fraction of sp³-hybridized carbons (Fsp3) is 0.933. The molecule has 0 radical (unpaired) electrons. The van der Waals surface area contributed by atoms with Crippen LogP contribution in [0.5, 0.6) is 0 Å². The zero-order valence-corrected chi connectivity index (χ0v) is 12.1. The number of nitrogens with two attached hydrogens (primary N) is 1. The molecule has 0 aromatic heterocycles. The van der Waals surface area contributed by atoms with Crippen LogP contribution < -0.4 is 5.73 Å². The molecule has 1 aliphatic heterocycles. The molecule has 1 amide bonds. The molecule has 0 bridgehead atoms. The first-order chi connectivity index (χ1) is 8.50. The Morgan fingerprint density at radius 2 is 1.67 bits per heavy atom. The quantitative estimate of drug-likeness (QED) is 0.779. The molecule has 1 saturated heterocycles. The molecular formula is C15H28N2O. The number of hydrogen-bond donors (Lipinski definition) is 1. The molecule has 2 rings (SSSR count). The second-order valence-electron chi connectivity index (χ2n) is 6.53. The lowest BCUT2D eigenvalue weighted by molar-refractivity contribution is -0.144. The van der Waals surface area contributed by atoms with E-state index in [1.54, 1.807) is 0 Å². The van der Waals surface area contributed by atoms with Gasteiger partial charge >= 0.3 is 0 Å². The Morgan fingerprint density at radius 1 is 1.06 bits per heavy atom. The molecule has 0 spiro atoms. The first kappa shape index (κ1) is 13.9. The van der Waals surface area contributed by atoms with Gasteiger partial charge in [0.25, 0.3) is 0 Å². The van der Waals surface area contributed by atoms with Crippen LogP contribution in [-0.2, 0) is 4.79 Å². The summed E-state index contributed by atoms with van der Waals surface area (Å²) in [5.41, 5.74) is 6.00. The van der Waals surface area contributed by atoms with E-state index in [1.807, 2.05) is 0 Å². The Hall–Kier alpha value is -0.570. The molecule has 2 aliphatic rings. The summed E-state index contributed by atoms with van der Waals surface area (Å²) in [5.74, 6) is 1.06. The van der Waals surface area contributed by atoms with Gasteiger partial charge in [-0.15, -0.1) is 0 Å². The normalized spacial score (nSPS) is 41.8. The van der Waals surface area contributed by atoms with Crippen LogP contribution in [0.3, 0.4) is 0 Å². The van der Waals surface area contributed by atoms with Crippen LogP contribution in [0.2, 0.25) is 0 Å². The Labute approximate surface area is 111 Å². The Kier molecular flexibility index (Phi) is 4.31. The van der Waals surface area contributed by atoms with Crippen molar-refractivity contribution in [1.82, 2.24) is 4.90 Å². The van der Waals surface area contributed by atoms with Crippen molar-refractivity contribution < 1.29 is 4.79 Å². The van der Waals surface area contributed by atoms with Crippen LogP contribution in [0.25, 0.3) is 0 Å². The molecule has 0 aromatic rings. The summed E-state index contributed by atoms with van der Waals surface area (Å²) in [4.78, 5) is 14.9. The molecule has 3 heteroatoms. The van der Waals surface area contributed by atoms with Gasteiger partial charge in [-0.25, -0.2) is 0 Å². The van der Waals surface area contributed by atoms with Gasteiger partial charge in [0.1, 0.15) is 0 Å². The van der Waals surface area contributed by atoms with E-state index in [0.717, 1.165) is 32.1 Å². The van der Waals surface area contributed by atoms with Gasteiger partial charge < -0.3 is 10.6 Å². The fourth-order valence-corrected chi connectivity index (χ4v) is 3.85. The third-order valence-corrected chi connectivity index (χ3v) is 4.98. The molecule has 1 aliphatic carbocycles. The summed E-state index contributed by atoms with van der Waals surface area (Å²) in [6.45, 7) is 6.60. The van der Waals surface area contributed by atoms with E-state index in [2.05, 4.69) is 25.7 Å². The zero-order valence-electron chi connectivity index (χ0n) is 12.1.